The Balaban J connectivity index is 1.98. The topological polar surface area (TPSA) is 42.0 Å². The van der Waals surface area contributed by atoms with Gasteiger partial charge < -0.3 is 5.32 Å². The van der Waals surface area contributed by atoms with Crippen LogP contribution in [0.5, 0.6) is 0 Å². The second-order valence-electron chi connectivity index (χ2n) is 4.97. The molecule has 5 heteroatoms. The Hall–Kier alpha value is -2.53. The average molecular weight is 326 g/mol. The molecule has 0 aliphatic rings. The molecular formula is C18H15FN2OS. The average Bonchev–Trinajstić information content (AvgIpc) is 3.05. The van der Waals surface area contributed by atoms with Gasteiger partial charge in [-0.3, -0.25) is 4.79 Å². The van der Waals surface area contributed by atoms with Crippen LogP contribution in [0.3, 0.4) is 0 Å². The van der Waals surface area contributed by atoms with Gasteiger partial charge in [-0.15, -0.1) is 11.3 Å². The number of nitrogens with zero attached hydrogens (tertiary/aromatic N) is 1. The van der Waals surface area contributed by atoms with E-state index in [4.69, 9.17) is 0 Å². The van der Waals surface area contributed by atoms with Crippen LogP contribution < -0.4 is 5.32 Å². The van der Waals surface area contributed by atoms with Gasteiger partial charge in [-0.2, -0.15) is 0 Å². The zero-order valence-corrected chi connectivity index (χ0v) is 13.4. The molecule has 1 aromatic heterocycles. The number of rotatable bonds is 4. The summed E-state index contributed by atoms with van der Waals surface area (Å²) in [4.78, 5) is 16.2. The molecule has 116 valence electrons. The van der Waals surface area contributed by atoms with Gasteiger partial charge in [0.1, 0.15) is 10.8 Å². The highest BCUT2D eigenvalue weighted by molar-refractivity contribution is 7.13. The number of amides is 1. The summed E-state index contributed by atoms with van der Waals surface area (Å²) in [6.45, 7) is 1.80. The number of para-hydroxylation sites is 1. The fourth-order valence-electron chi connectivity index (χ4n) is 2.21. The summed E-state index contributed by atoms with van der Waals surface area (Å²) < 4.78 is 13.9. The minimum atomic E-state index is -0.291. The monoisotopic (exact) mass is 326 g/mol. The first-order chi connectivity index (χ1) is 11.2. The number of anilines is 1. The lowest BCUT2D eigenvalue weighted by molar-refractivity contribution is -0.115. The minimum Gasteiger partial charge on any atom is -0.325 e. The van der Waals surface area contributed by atoms with Crippen molar-refractivity contribution >= 4 is 22.9 Å². The molecule has 1 amide bonds. The van der Waals surface area contributed by atoms with E-state index in [0.717, 1.165) is 11.3 Å². The molecule has 0 bridgehead atoms. The molecule has 3 nitrogen and oxygen atoms in total. The number of nitrogens with one attached hydrogen (secondary N) is 1. The van der Waals surface area contributed by atoms with Crippen LogP contribution >= 0.6 is 11.3 Å². The predicted molar refractivity (Wildman–Crippen MR) is 91.9 cm³/mol. The molecule has 1 heterocycles. The first-order valence-corrected chi connectivity index (χ1v) is 8.16. The van der Waals surface area contributed by atoms with Gasteiger partial charge in [0.25, 0.3) is 0 Å². The molecule has 0 saturated carbocycles. The summed E-state index contributed by atoms with van der Waals surface area (Å²) in [5.41, 5.74) is 2.75. The van der Waals surface area contributed by atoms with Gasteiger partial charge in [0.05, 0.1) is 11.4 Å². The number of carbonyl (C=O) groups is 1. The van der Waals surface area contributed by atoms with E-state index in [-0.39, 0.29) is 11.7 Å². The van der Waals surface area contributed by atoms with E-state index < -0.39 is 0 Å². The van der Waals surface area contributed by atoms with Crippen LogP contribution in [-0.2, 0) is 4.79 Å². The SMILES string of the molecule is CCC(=O)Nc1ccccc1-c1csc(-c2ccccc2F)n1. The Labute approximate surface area is 137 Å². The lowest BCUT2D eigenvalue weighted by Crippen LogP contribution is -2.10. The van der Waals surface area contributed by atoms with Gasteiger partial charge in [0, 0.05) is 22.9 Å². The smallest absolute Gasteiger partial charge is 0.224 e. The van der Waals surface area contributed by atoms with Crippen molar-refractivity contribution in [3.05, 3.63) is 59.7 Å². The highest BCUT2D eigenvalue weighted by atomic mass is 32.1. The maximum atomic E-state index is 13.9. The molecule has 1 N–H and O–H groups in total. The van der Waals surface area contributed by atoms with Crippen molar-refractivity contribution in [2.45, 2.75) is 13.3 Å². The van der Waals surface area contributed by atoms with Crippen molar-refractivity contribution in [2.75, 3.05) is 5.32 Å². The molecule has 0 aliphatic heterocycles. The zero-order valence-electron chi connectivity index (χ0n) is 12.5. The Kier molecular flexibility index (Phi) is 4.48. The van der Waals surface area contributed by atoms with Crippen molar-refractivity contribution in [3.63, 3.8) is 0 Å². The summed E-state index contributed by atoms with van der Waals surface area (Å²) in [6, 6.07) is 14.1. The molecule has 23 heavy (non-hydrogen) atoms. The van der Waals surface area contributed by atoms with Crippen molar-refractivity contribution in [3.8, 4) is 21.8 Å². The number of aromatic nitrogens is 1. The summed E-state index contributed by atoms with van der Waals surface area (Å²) in [6.07, 6.45) is 0.409. The quantitative estimate of drug-likeness (QED) is 0.736. The molecule has 0 unspecified atom stereocenters. The third-order valence-electron chi connectivity index (χ3n) is 3.41. The standard InChI is InChI=1S/C18H15FN2OS/c1-2-17(22)20-15-10-6-4-8-13(15)16-11-23-18(21-16)12-7-3-5-9-14(12)19/h3-11H,2H2,1H3,(H,20,22). The fourth-order valence-corrected chi connectivity index (χ4v) is 3.06. The summed E-state index contributed by atoms with van der Waals surface area (Å²) in [7, 11) is 0. The number of benzene rings is 2. The summed E-state index contributed by atoms with van der Waals surface area (Å²) in [5, 5.41) is 5.36. The van der Waals surface area contributed by atoms with E-state index in [1.54, 1.807) is 25.1 Å². The van der Waals surface area contributed by atoms with E-state index >= 15 is 0 Å². The lowest BCUT2D eigenvalue weighted by Gasteiger charge is -2.08. The van der Waals surface area contributed by atoms with Gasteiger partial charge in [0.2, 0.25) is 5.91 Å². The number of hydrogen-bond donors (Lipinski definition) is 1. The van der Waals surface area contributed by atoms with Gasteiger partial charge in [-0.25, -0.2) is 9.37 Å². The van der Waals surface area contributed by atoms with Gasteiger partial charge in [0.15, 0.2) is 0 Å². The third kappa shape index (κ3) is 3.29. The van der Waals surface area contributed by atoms with Gasteiger partial charge in [-0.05, 0) is 18.2 Å². The summed E-state index contributed by atoms with van der Waals surface area (Å²) >= 11 is 1.38. The minimum absolute atomic E-state index is 0.0537. The van der Waals surface area contributed by atoms with Crippen molar-refractivity contribution in [2.24, 2.45) is 0 Å². The molecule has 0 spiro atoms. The van der Waals surface area contributed by atoms with Crippen molar-refractivity contribution in [1.82, 2.24) is 4.98 Å². The normalized spacial score (nSPS) is 10.5. The Morgan fingerprint density at radius 1 is 1.13 bits per heavy atom. The molecule has 2 aromatic carbocycles. The van der Waals surface area contributed by atoms with Crippen molar-refractivity contribution < 1.29 is 9.18 Å². The van der Waals surface area contributed by atoms with E-state index in [2.05, 4.69) is 10.3 Å². The number of hydrogen-bond acceptors (Lipinski definition) is 3. The molecule has 0 fully saturated rings. The third-order valence-corrected chi connectivity index (χ3v) is 4.28. The molecule has 3 rings (SSSR count). The van der Waals surface area contributed by atoms with Crippen LogP contribution in [0.4, 0.5) is 10.1 Å². The zero-order chi connectivity index (χ0) is 16.2. The molecule has 0 radical (unpaired) electrons. The first kappa shape index (κ1) is 15.4. The molecule has 0 aliphatic carbocycles. The van der Waals surface area contributed by atoms with E-state index in [9.17, 15) is 9.18 Å². The maximum absolute atomic E-state index is 13.9. The van der Waals surface area contributed by atoms with Crippen LogP contribution in [0.15, 0.2) is 53.9 Å². The Morgan fingerprint density at radius 2 is 1.83 bits per heavy atom. The largest absolute Gasteiger partial charge is 0.325 e. The second-order valence-corrected chi connectivity index (χ2v) is 5.82. The maximum Gasteiger partial charge on any atom is 0.224 e. The molecule has 3 aromatic rings. The second kappa shape index (κ2) is 6.71. The van der Waals surface area contributed by atoms with Crippen molar-refractivity contribution in [1.29, 1.82) is 0 Å². The van der Waals surface area contributed by atoms with Crippen LogP contribution in [0.25, 0.3) is 21.8 Å². The lowest BCUT2D eigenvalue weighted by atomic mass is 10.1. The Morgan fingerprint density at radius 3 is 2.57 bits per heavy atom. The van der Waals surface area contributed by atoms with Crippen LogP contribution in [-0.4, -0.2) is 10.9 Å². The number of halogens is 1. The Bertz CT molecular complexity index is 844. The fraction of sp³-hybridized carbons (Fsp3) is 0.111. The van der Waals surface area contributed by atoms with E-state index in [1.807, 2.05) is 29.6 Å². The van der Waals surface area contributed by atoms with Crippen LogP contribution in [0.1, 0.15) is 13.3 Å². The first-order valence-electron chi connectivity index (χ1n) is 7.28. The van der Waals surface area contributed by atoms with Crippen LogP contribution in [0, 0.1) is 5.82 Å². The number of carbonyl (C=O) groups excluding carboxylic acids is 1. The van der Waals surface area contributed by atoms with Crippen LogP contribution in [0.2, 0.25) is 0 Å². The molecule has 0 atom stereocenters. The molecular weight excluding hydrogens is 311 g/mol. The predicted octanol–water partition coefficient (Wildman–Crippen LogP) is 4.96. The van der Waals surface area contributed by atoms with E-state index in [1.165, 1.54) is 17.4 Å². The number of thiazole rings is 1. The molecule has 0 saturated heterocycles. The van der Waals surface area contributed by atoms with Gasteiger partial charge >= 0.3 is 0 Å². The highest BCUT2D eigenvalue weighted by Gasteiger charge is 2.13. The van der Waals surface area contributed by atoms with Gasteiger partial charge in [-0.1, -0.05) is 37.3 Å². The summed E-state index contributed by atoms with van der Waals surface area (Å²) in [5.74, 6) is -0.344. The van der Waals surface area contributed by atoms with E-state index in [0.29, 0.717) is 22.7 Å². The highest BCUT2D eigenvalue weighted by Crippen LogP contribution is 2.33.